The van der Waals surface area contributed by atoms with E-state index in [2.05, 4.69) is 163 Å². The summed E-state index contributed by atoms with van der Waals surface area (Å²) < 4.78 is 0. The van der Waals surface area contributed by atoms with E-state index in [4.69, 9.17) is 5.32 Å². The number of rotatable bonds is 11. The first-order chi connectivity index (χ1) is 26.6. The molecule has 0 fully saturated rings. The highest BCUT2D eigenvalue weighted by molar-refractivity contribution is 5.88. The molecule has 261 valence electrons. The minimum absolute atomic E-state index is 0.928. The molecule has 0 aromatic heterocycles. The Labute approximate surface area is 318 Å². The van der Waals surface area contributed by atoms with Crippen LogP contribution in [0, 0.1) is 13.8 Å². The molecule has 3 N–H and O–H groups in total. The van der Waals surface area contributed by atoms with Gasteiger partial charge in [-0.25, -0.2) is 5.32 Å². The van der Waals surface area contributed by atoms with Crippen molar-refractivity contribution in [2.45, 2.75) is 13.8 Å². The smallest absolute Gasteiger partial charge is 0.0719 e. The summed E-state index contributed by atoms with van der Waals surface area (Å²) >= 11 is 0. The molecule has 8 aromatic carbocycles. The van der Waals surface area contributed by atoms with Crippen LogP contribution in [0.1, 0.15) is 11.1 Å². The van der Waals surface area contributed by atoms with Crippen molar-refractivity contribution in [2.75, 3.05) is 16.0 Å². The Kier molecular flexibility index (Phi) is 9.90. The van der Waals surface area contributed by atoms with Gasteiger partial charge in [-0.15, -0.1) is 0 Å². The topological polar surface area (TPSA) is 50.2 Å². The van der Waals surface area contributed by atoms with Gasteiger partial charge in [-0.05, 0) is 120 Å². The first-order valence-corrected chi connectivity index (χ1v) is 18.3. The van der Waals surface area contributed by atoms with Crippen molar-refractivity contribution < 1.29 is 0 Å². The summed E-state index contributed by atoms with van der Waals surface area (Å²) in [6, 6.07) is 67.6. The van der Waals surface area contributed by atoms with E-state index in [9.17, 15) is 0 Å². The summed E-state index contributed by atoms with van der Waals surface area (Å²) in [4.78, 5) is 0. The summed E-state index contributed by atoms with van der Waals surface area (Å²) in [6.45, 7) is 4.28. The van der Waals surface area contributed by atoms with Gasteiger partial charge < -0.3 is 16.0 Å². The van der Waals surface area contributed by atoms with Crippen LogP contribution in [-0.4, -0.2) is 0 Å². The van der Waals surface area contributed by atoms with Gasteiger partial charge in [0, 0.05) is 45.3 Å². The average Bonchev–Trinajstić information content (AvgIpc) is 3.22. The molecule has 54 heavy (non-hydrogen) atoms. The maximum atomic E-state index is 5.08. The first kappa shape index (κ1) is 34.1. The highest BCUT2D eigenvalue weighted by atomic mass is 14.9. The summed E-state index contributed by atoms with van der Waals surface area (Å²) in [6.07, 6.45) is 0. The molecule has 0 saturated carbocycles. The Morgan fingerprint density at radius 1 is 0.333 bits per heavy atom. The fourth-order valence-electron chi connectivity index (χ4n) is 6.69. The Hall–Kier alpha value is -7.04. The van der Waals surface area contributed by atoms with Crippen molar-refractivity contribution in [2.24, 2.45) is 0 Å². The van der Waals surface area contributed by atoms with Gasteiger partial charge in [0.05, 0.1) is 11.4 Å². The summed E-state index contributed by atoms with van der Waals surface area (Å²) in [5.41, 5.74) is 17.3. The molecule has 0 bridgehead atoms. The lowest BCUT2D eigenvalue weighted by Gasteiger charge is -2.18. The molecule has 4 nitrogen and oxygen atoms in total. The van der Waals surface area contributed by atoms with Gasteiger partial charge in [0.2, 0.25) is 0 Å². The van der Waals surface area contributed by atoms with Gasteiger partial charge in [-0.1, -0.05) is 121 Å². The fraction of sp³-hybridized carbons (Fsp3) is 0.0400. The van der Waals surface area contributed by atoms with Crippen molar-refractivity contribution in [3.8, 4) is 33.4 Å². The Balaban J connectivity index is 1.10. The predicted octanol–water partition coefficient (Wildman–Crippen LogP) is 14.1. The lowest BCUT2D eigenvalue weighted by molar-refractivity contribution is 1.18. The van der Waals surface area contributed by atoms with Gasteiger partial charge >= 0.3 is 0 Å². The Bertz CT molecular complexity index is 2280. The molecule has 4 heteroatoms. The zero-order valence-electron chi connectivity index (χ0n) is 30.4. The van der Waals surface area contributed by atoms with Gasteiger partial charge in [0.15, 0.2) is 0 Å². The van der Waals surface area contributed by atoms with Crippen LogP contribution < -0.4 is 21.3 Å². The van der Waals surface area contributed by atoms with E-state index < -0.39 is 0 Å². The van der Waals surface area contributed by atoms with E-state index in [1.807, 2.05) is 60.7 Å². The zero-order valence-corrected chi connectivity index (χ0v) is 30.4. The van der Waals surface area contributed by atoms with Crippen LogP contribution in [-0.2, 0) is 0 Å². The van der Waals surface area contributed by atoms with E-state index in [-0.39, 0.29) is 0 Å². The van der Waals surface area contributed by atoms with Crippen LogP contribution >= 0.6 is 0 Å². The highest BCUT2D eigenvalue weighted by Crippen LogP contribution is 2.39. The molecule has 0 spiro atoms. The summed E-state index contributed by atoms with van der Waals surface area (Å²) in [7, 11) is 0. The number of hydrogen-bond donors (Lipinski definition) is 3. The van der Waals surface area contributed by atoms with E-state index >= 15 is 0 Å². The number of hydrogen-bond acceptors (Lipinski definition) is 3. The lowest BCUT2D eigenvalue weighted by atomic mass is 9.95. The summed E-state index contributed by atoms with van der Waals surface area (Å²) in [5, 5.41) is 16.0. The number of benzene rings is 8. The van der Waals surface area contributed by atoms with Crippen molar-refractivity contribution >= 4 is 45.5 Å². The second-order valence-electron chi connectivity index (χ2n) is 13.5. The molecule has 0 aliphatic carbocycles. The van der Waals surface area contributed by atoms with E-state index in [0.717, 1.165) is 90.0 Å². The quantitative estimate of drug-likeness (QED) is 0.126. The Morgan fingerprint density at radius 2 is 0.704 bits per heavy atom. The molecule has 8 rings (SSSR count). The van der Waals surface area contributed by atoms with Gasteiger partial charge in [-0.3, -0.25) is 0 Å². The monoisotopic (exact) mass is 697 g/mol. The fourth-order valence-corrected chi connectivity index (χ4v) is 6.69. The highest BCUT2D eigenvalue weighted by Gasteiger charge is 2.14. The summed E-state index contributed by atoms with van der Waals surface area (Å²) in [5.74, 6) is 0. The largest absolute Gasteiger partial charge is 0.355 e. The molecule has 1 radical (unpaired) electrons. The van der Waals surface area contributed by atoms with Crippen molar-refractivity contribution in [1.82, 2.24) is 5.32 Å². The minimum Gasteiger partial charge on any atom is -0.355 e. The molecule has 0 heterocycles. The second-order valence-corrected chi connectivity index (χ2v) is 13.5. The van der Waals surface area contributed by atoms with Gasteiger partial charge in [-0.2, -0.15) is 0 Å². The molecule has 0 aliphatic rings. The maximum Gasteiger partial charge on any atom is 0.0719 e. The third kappa shape index (κ3) is 7.89. The van der Waals surface area contributed by atoms with Crippen LogP contribution in [0.4, 0.5) is 45.5 Å². The van der Waals surface area contributed by atoms with Crippen molar-refractivity contribution in [3.05, 3.63) is 205 Å². The standard InChI is InChI=1S/C50H41N4/c1-35-31-49(53-43-19-11-5-12-20-43)45(33-47(35)51-41-15-7-3-8-16-41)39-27-23-37(24-28-39)38-25-29-40(30-26-38)46-34-48(52-42-17-9-4-10-18-42)36(2)32-50(46)54-44-21-13-6-14-22-44/h3-34,51-53H,1-2H3. The first-order valence-electron chi connectivity index (χ1n) is 18.3. The SMILES string of the molecule is Cc1cc([N]c2ccccc2)c(-c2ccc(-c3ccc(-c4cc(Nc5ccccc5)c(C)cc4Nc4ccccc4)cc3)cc2)cc1Nc1ccccc1. The van der Waals surface area contributed by atoms with Crippen LogP contribution in [0.15, 0.2) is 194 Å². The van der Waals surface area contributed by atoms with Crippen LogP contribution in [0.5, 0.6) is 0 Å². The van der Waals surface area contributed by atoms with Crippen LogP contribution in [0.3, 0.4) is 0 Å². The second kappa shape index (κ2) is 15.7. The Morgan fingerprint density at radius 3 is 1.19 bits per heavy atom. The zero-order chi connectivity index (χ0) is 36.7. The number of anilines is 6. The molecular weight excluding hydrogens is 657 g/mol. The third-order valence-corrected chi connectivity index (χ3v) is 9.60. The number of nitrogens with one attached hydrogen (secondary N) is 3. The molecule has 0 saturated heterocycles. The average molecular weight is 698 g/mol. The third-order valence-electron chi connectivity index (χ3n) is 9.60. The predicted molar refractivity (Wildman–Crippen MR) is 229 cm³/mol. The minimum atomic E-state index is 0.928. The van der Waals surface area contributed by atoms with Crippen LogP contribution in [0.2, 0.25) is 0 Å². The molecular formula is C50H41N4. The van der Waals surface area contributed by atoms with E-state index in [1.54, 1.807) is 0 Å². The van der Waals surface area contributed by atoms with Crippen molar-refractivity contribution in [1.29, 1.82) is 0 Å². The number of nitrogens with zero attached hydrogens (tertiary/aromatic N) is 1. The van der Waals surface area contributed by atoms with Crippen LogP contribution in [0.25, 0.3) is 33.4 Å². The molecule has 0 aliphatic heterocycles. The van der Waals surface area contributed by atoms with E-state index in [0.29, 0.717) is 0 Å². The van der Waals surface area contributed by atoms with Gasteiger partial charge in [0.25, 0.3) is 0 Å². The van der Waals surface area contributed by atoms with Crippen molar-refractivity contribution in [3.63, 3.8) is 0 Å². The molecule has 8 aromatic rings. The normalized spacial score (nSPS) is 10.8. The van der Waals surface area contributed by atoms with Gasteiger partial charge in [0.1, 0.15) is 0 Å². The maximum absolute atomic E-state index is 5.08. The van der Waals surface area contributed by atoms with E-state index in [1.165, 1.54) is 0 Å². The molecule has 0 unspecified atom stereocenters. The number of aryl methyl sites for hydroxylation is 2. The molecule has 0 amide bonds. The lowest BCUT2D eigenvalue weighted by Crippen LogP contribution is -1.99. The molecule has 0 atom stereocenters. The number of para-hydroxylation sites is 4.